The van der Waals surface area contributed by atoms with Crippen molar-refractivity contribution < 1.29 is 19.4 Å². The van der Waals surface area contributed by atoms with E-state index in [-0.39, 0.29) is 12.2 Å². The zero-order chi connectivity index (χ0) is 21.1. The van der Waals surface area contributed by atoms with Gasteiger partial charge in [0, 0.05) is 31.7 Å². The van der Waals surface area contributed by atoms with Gasteiger partial charge in [-0.1, -0.05) is 25.1 Å². The van der Waals surface area contributed by atoms with Gasteiger partial charge in [-0.25, -0.2) is 13.4 Å². The normalized spacial score (nSPS) is 16.6. The molecule has 9 heteroatoms. The van der Waals surface area contributed by atoms with Crippen LogP contribution in [0.2, 0.25) is 0 Å². The molecule has 1 aliphatic rings. The molecule has 4 rings (SSSR count). The van der Waals surface area contributed by atoms with Gasteiger partial charge < -0.3 is 9.64 Å². The summed E-state index contributed by atoms with van der Waals surface area (Å²) in [4.78, 5) is 18.5. The van der Waals surface area contributed by atoms with Gasteiger partial charge in [-0.15, -0.1) is 11.3 Å². The monoisotopic (exact) mass is 445 g/mol. The lowest BCUT2D eigenvalue weighted by Crippen LogP contribution is -2.32. The third-order valence-electron chi connectivity index (χ3n) is 4.89. The second-order valence-electron chi connectivity index (χ2n) is 6.78. The average molecular weight is 446 g/mol. The van der Waals surface area contributed by atoms with Crippen molar-refractivity contribution in [3.05, 3.63) is 65.7 Å². The molecule has 2 aromatic carbocycles. The summed E-state index contributed by atoms with van der Waals surface area (Å²) >= 11 is 1.20. The molecule has 158 valence electrons. The molecule has 1 aliphatic heterocycles. The second-order valence-corrected chi connectivity index (χ2v) is 9.36. The Labute approximate surface area is 180 Å². The number of carbonyl (C=O) groups is 1. The van der Waals surface area contributed by atoms with Crippen LogP contribution in [0.15, 0.2) is 65.0 Å². The topological polar surface area (TPSA) is 88.6 Å². The number of anilines is 2. The predicted molar refractivity (Wildman–Crippen MR) is 119 cm³/mol. The third kappa shape index (κ3) is 4.17. The van der Waals surface area contributed by atoms with Crippen LogP contribution in [0.1, 0.15) is 20.3 Å². The van der Waals surface area contributed by atoms with Crippen LogP contribution < -0.4 is 14.4 Å². The fraction of sp³-hybridized carbons (Fsp3) is 0.238. The molecule has 30 heavy (non-hydrogen) atoms. The number of aryl methyl sites for hydroxylation is 1. The van der Waals surface area contributed by atoms with Crippen molar-refractivity contribution in [2.75, 3.05) is 16.2 Å². The Hall–Kier alpha value is -2.91. The molecule has 1 unspecified atom stereocenters. The zero-order valence-corrected chi connectivity index (χ0v) is 17.9. The van der Waals surface area contributed by atoms with Crippen LogP contribution in [0.3, 0.4) is 0 Å². The van der Waals surface area contributed by atoms with Crippen molar-refractivity contribution in [1.82, 2.24) is 4.98 Å². The van der Waals surface area contributed by atoms with Gasteiger partial charge in [0.25, 0.3) is 15.9 Å². The van der Waals surface area contributed by atoms with Crippen molar-refractivity contribution >= 4 is 38.1 Å². The van der Waals surface area contributed by atoms with Gasteiger partial charge in [-0.2, -0.15) is 0 Å². The molecular formula is C21H23N3O4S2. The highest BCUT2D eigenvalue weighted by atomic mass is 32.2. The largest absolute Gasteiger partial charge is 0.480 e. The SMILES string of the molecule is CCc1ccccc1OC1CCN(c2ccc(S(=O)(=O)Nc3nccs3)cc2)C1=O.[HH]. The summed E-state index contributed by atoms with van der Waals surface area (Å²) in [5.41, 5.74) is 1.70. The summed E-state index contributed by atoms with van der Waals surface area (Å²) in [5.74, 6) is 0.604. The molecule has 2 heterocycles. The molecule has 1 amide bonds. The van der Waals surface area contributed by atoms with Gasteiger partial charge in [0.15, 0.2) is 11.2 Å². The van der Waals surface area contributed by atoms with Crippen molar-refractivity contribution in [3.63, 3.8) is 0 Å². The van der Waals surface area contributed by atoms with E-state index in [4.69, 9.17) is 4.74 Å². The number of amides is 1. The minimum absolute atomic E-state index is 0. The lowest BCUT2D eigenvalue weighted by molar-refractivity contribution is -0.122. The number of hydrogen-bond donors (Lipinski definition) is 1. The number of hydrogen-bond acceptors (Lipinski definition) is 6. The van der Waals surface area contributed by atoms with Gasteiger partial charge >= 0.3 is 0 Å². The molecule has 0 bridgehead atoms. The van der Waals surface area contributed by atoms with E-state index in [1.807, 2.05) is 31.2 Å². The summed E-state index contributed by atoms with van der Waals surface area (Å²) in [5, 5.41) is 2.00. The van der Waals surface area contributed by atoms with Gasteiger partial charge in [0.1, 0.15) is 5.75 Å². The molecule has 0 spiro atoms. The van der Waals surface area contributed by atoms with E-state index in [1.54, 1.807) is 22.4 Å². The maximum Gasteiger partial charge on any atom is 0.268 e. The number of thiazole rings is 1. The van der Waals surface area contributed by atoms with Crippen molar-refractivity contribution in [2.24, 2.45) is 0 Å². The number of para-hydroxylation sites is 1. The van der Waals surface area contributed by atoms with Gasteiger partial charge in [0.05, 0.1) is 4.90 Å². The van der Waals surface area contributed by atoms with Gasteiger partial charge in [-0.3, -0.25) is 9.52 Å². The number of benzene rings is 2. The summed E-state index contributed by atoms with van der Waals surface area (Å²) < 4.78 is 33.4. The number of ether oxygens (including phenoxy) is 1. The first-order valence-electron chi connectivity index (χ1n) is 9.56. The molecule has 1 fully saturated rings. The minimum atomic E-state index is -3.73. The lowest BCUT2D eigenvalue weighted by atomic mass is 10.1. The first-order valence-corrected chi connectivity index (χ1v) is 11.9. The quantitative estimate of drug-likeness (QED) is 0.595. The van der Waals surface area contributed by atoms with Gasteiger partial charge in [0.2, 0.25) is 0 Å². The maximum absolute atomic E-state index is 12.9. The molecule has 7 nitrogen and oxygen atoms in total. The standard InChI is InChI=1S/C21H21N3O4S2.H2/c1-2-15-5-3-4-6-18(15)28-19-11-13-24(20(19)25)16-7-9-17(10-8-16)30(26,27)23-21-22-12-14-29-21;/h3-10,12,14,19H,2,11,13H2,1H3,(H,22,23);1H. The van der Waals surface area contributed by atoms with Crippen molar-refractivity contribution in [1.29, 1.82) is 0 Å². The average Bonchev–Trinajstić information content (AvgIpc) is 3.38. The van der Waals surface area contributed by atoms with Crippen LogP contribution in [0, 0.1) is 0 Å². The lowest BCUT2D eigenvalue weighted by Gasteiger charge is -2.18. The van der Waals surface area contributed by atoms with Crippen LogP contribution in [0.25, 0.3) is 0 Å². The van der Waals surface area contributed by atoms with Crippen molar-refractivity contribution in [3.8, 4) is 5.75 Å². The highest BCUT2D eigenvalue weighted by Crippen LogP contribution is 2.28. The summed E-state index contributed by atoms with van der Waals surface area (Å²) in [7, 11) is -3.73. The van der Waals surface area contributed by atoms with E-state index in [0.29, 0.717) is 23.8 Å². The molecule has 3 aromatic rings. The predicted octanol–water partition coefficient (Wildman–Crippen LogP) is 3.94. The summed E-state index contributed by atoms with van der Waals surface area (Å²) in [6.07, 6.45) is 2.38. The van der Waals surface area contributed by atoms with E-state index in [9.17, 15) is 13.2 Å². The Morgan fingerprint density at radius 1 is 1.23 bits per heavy atom. The van der Waals surface area contributed by atoms with Crippen LogP contribution >= 0.6 is 11.3 Å². The van der Waals surface area contributed by atoms with Crippen LogP contribution in [0.4, 0.5) is 10.8 Å². The Kier molecular flexibility index (Phi) is 5.74. The Balaban J connectivity index is 0.00000272. The highest BCUT2D eigenvalue weighted by molar-refractivity contribution is 7.93. The van der Waals surface area contributed by atoms with Crippen molar-refractivity contribution in [2.45, 2.75) is 30.8 Å². The molecule has 1 N–H and O–H groups in total. The maximum atomic E-state index is 12.9. The van der Waals surface area contributed by atoms with E-state index in [0.717, 1.165) is 17.7 Å². The molecule has 0 saturated carbocycles. The zero-order valence-electron chi connectivity index (χ0n) is 16.3. The first-order chi connectivity index (χ1) is 14.5. The summed E-state index contributed by atoms with van der Waals surface area (Å²) in [6.45, 7) is 2.56. The smallest absolute Gasteiger partial charge is 0.268 e. The van der Waals surface area contributed by atoms with E-state index < -0.39 is 16.1 Å². The van der Waals surface area contributed by atoms with Gasteiger partial charge in [-0.05, 0) is 42.3 Å². The number of nitrogens with one attached hydrogen (secondary N) is 1. The molecular weight excluding hydrogens is 422 g/mol. The van der Waals surface area contributed by atoms with Crippen LogP contribution in [0.5, 0.6) is 5.75 Å². The Morgan fingerprint density at radius 2 is 2.00 bits per heavy atom. The number of nitrogens with zero attached hydrogens (tertiary/aromatic N) is 2. The molecule has 0 aliphatic carbocycles. The number of rotatable bonds is 7. The van der Waals surface area contributed by atoms with E-state index in [2.05, 4.69) is 9.71 Å². The fourth-order valence-electron chi connectivity index (χ4n) is 3.34. The molecule has 1 saturated heterocycles. The van der Waals surface area contributed by atoms with Crippen LogP contribution in [-0.4, -0.2) is 32.0 Å². The minimum Gasteiger partial charge on any atom is -0.480 e. The Bertz CT molecular complexity index is 1140. The fourth-order valence-corrected chi connectivity index (χ4v) is 5.13. The van der Waals surface area contributed by atoms with Crippen LogP contribution in [-0.2, 0) is 21.2 Å². The molecule has 1 aromatic heterocycles. The number of aromatic nitrogens is 1. The first kappa shape index (κ1) is 20.4. The molecule has 0 radical (unpaired) electrons. The number of sulfonamides is 1. The van der Waals surface area contributed by atoms with E-state index in [1.165, 1.54) is 29.7 Å². The summed E-state index contributed by atoms with van der Waals surface area (Å²) in [6, 6.07) is 14.0. The van der Waals surface area contributed by atoms with E-state index >= 15 is 0 Å². The number of carbonyl (C=O) groups excluding carboxylic acids is 1. The molecule has 1 atom stereocenters. The second kappa shape index (κ2) is 8.45. The highest BCUT2D eigenvalue weighted by Gasteiger charge is 2.34. The third-order valence-corrected chi connectivity index (χ3v) is 7.06. The Morgan fingerprint density at radius 3 is 2.70 bits per heavy atom.